The monoisotopic (exact) mass is 513 g/mol. The van der Waals surface area contributed by atoms with Crippen LogP contribution in [0.1, 0.15) is 12.8 Å². The van der Waals surface area contributed by atoms with E-state index in [9.17, 15) is 0 Å². The quantitative estimate of drug-likeness (QED) is 0.341. The minimum absolute atomic E-state index is 0.687. The summed E-state index contributed by atoms with van der Waals surface area (Å²) < 4.78 is 13.1. The number of hydrogen-bond donors (Lipinski definition) is 1. The van der Waals surface area contributed by atoms with Crippen LogP contribution in [-0.2, 0) is 6.54 Å². The molecule has 2 aromatic heterocycles. The summed E-state index contributed by atoms with van der Waals surface area (Å²) in [7, 11) is 3.37. The number of hydrogen-bond acceptors (Lipinski definition) is 8. The second kappa shape index (κ2) is 11.0. The van der Waals surface area contributed by atoms with Crippen LogP contribution in [0.5, 0.6) is 11.5 Å². The highest BCUT2D eigenvalue weighted by Gasteiger charge is 2.26. The van der Waals surface area contributed by atoms with Crippen molar-refractivity contribution in [1.82, 2.24) is 30.0 Å². The highest BCUT2D eigenvalue weighted by molar-refractivity contribution is 5.82. The molecule has 0 radical (unpaired) electrons. The van der Waals surface area contributed by atoms with Crippen molar-refractivity contribution in [3.05, 3.63) is 55.0 Å². The molecule has 2 fully saturated rings. The maximum absolute atomic E-state index is 5.55. The van der Waals surface area contributed by atoms with Crippen molar-refractivity contribution in [3.63, 3.8) is 0 Å². The van der Waals surface area contributed by atoms with Crippen LogP contribution in [0.25, 0.3) is 22.3 Å². The van der Waals surface area contributed by atoms with Gasteiger partial charge in [-0.1, -0.05) is 0 Å². The normalized spacial score (nSPS) is 16.1. The molecule has 198 valence electrons. The van der Waals surface area contributed by atoms with E-state index in [-0.39, 0.29) is 0 Å². The molecule has 6 rings (SSSR count). The highest BCUT2D eigenvalue weighted by Crippen LogP contribution is 2.38. The Morgan fingerprint density at radius 1 is 0.921 bits per heavy atom. The minimum Gasteiger partial charge on any atom is -0.497 e. The van der Waals surface area contributed by atoms with E-state index in [2.05, 4.69) is 56.7 Å². The smallest absolute Gasteiger partial charge is 0.124 e. The van der Waals surface area contributed by atoms with Gasteiger partial charge in [0.05, 0.1) is 49.9 Å². The lowest BCUT2D eigenvalue weighted by molar-refractivity contribution is 0.229. The van der Waals surface area contributed by atoms with Gasteiger partial charge in [0, 0.05) is 80.6 Å². The summed E-state index contributed by atoms with van der Waals surface area (Å²) in [5.74, 6) is 2.24. The third-order valence-corrected chi connectivity index (χ3v) is 7.41. The van der Waals surface area contributed by atoms with Crippen molar-refractivity contribution in [2.24, 2.45) is 5.92 Å². The van der Waals surface area contributed by atoms with Crippen LogP contribution in [0.15, 0.2) is 55.0 Å². The maximum Gasteiger partial charge on any atom is 0.124 e. The molecule has 2 aliphatic rings. The largest absolute Gasteiger partial charge is 0.497 e. The second-order valence-corrected chi connectivity index (χ2v) is 10.1. The van der Waals surface area contributed by atoms with Gasteiger partial charge in [0.2, 0.25) is 0 Å². The predicted molar refractivity (Wildman–Crippen MR) is 149 cm³/mol. The maximum atomic E-state index is 5.55. The molecule has 0 amide bonds. The first-order valence-electron chi connectivity index (χ1n) is 13.4. The first kappa shape index (κ1) is 24.6. The number of ether oxygens (including phenoxy) is 2. The van der Waals surface area contributed by atoms with Gasteiger partial charge >= 0.3 is 0 Å². The molecule has 1 aliphatic carbocycles. The fourth-order valence-corrected chi connectivity index (χ4v) is 4.97. The van der Waals surface area contributed by atoms with E-state index in [0.717, 1.165) is 91.0 Å². The zero-order valence-electron chi connectivity index (χ0n) is 22.1. The van der Waals surface area contributed by atoms with Crippen LogP contribution in [0.3, 0.4) is 0 Å². The van der Waals surface area contributed by atoms with Gasteiger partial charge in [-0.05, 0) is 37.0 Å². The zero-order valence-corrected chi connectivity index (χ0v) is 22.1. The molecular weight excluding hydrogens is 478 g/mol. The van der Waals surface area contributed by atoms with Crippen LogP contribution in [0, 0.1) is 5.92 Å². The van der Waals surface area contributed by atoms with E-state index in [1.54, 1.807) is 14.2 Å². The molecule has 1 aliphatic heterocycles. The van der Waals surface area contributed by atoms with E-state index in [4.69, 9.17) is 19.4 Å². The van der Waals surface area contributed by atoms with Crippen LogP contribution >= 0.6 is 0 Å². The zero-order chi connectivity index (χ0) is 25.9. The summed E-state index contributed by atoms with van der Waals surface area (Å²) >= 11 is 0. The van der Waals surface area contributed by atoms with E-state index in [1.165, 1.54) is 12.8 Å². The van der Waals surface area contributed by atoms with Crippen molar-refractivity contribution in [2.75, 3.05) is 58.4 Å². The average Bonchev–Trinajstić information content (AvgIpc) is 3.68. The van der Waals surface area contributed by atoms with Gasteiger partial charge in [0.25, 0.3) is 0 Å². The Morgan fingerprint density at radius 3 is 2.45 bits per heavy atom. The molecule has 1 N–H and O–H groups in total. The van der Waals surface area contributed by atoms with Gasteiger partial charge < -0.3 is 19.7 Å². The third-order valence-electron chi connectivity index (χ3n) is 7.41. The number of aromatic nitrogens is 4. The first-order valence-corrected chi connectivity index (χ1v) is 13.4. The Balaban J connectivity index is 1.27. The van der Waals surface area contributed by atoms with Crippen molar-refractivity contribution >= 4 is 22.4 Å². The van der Waals surface area contributed by atoms with Gasteiger partial charge in [0.1, 0.15) is 11.5 Å². The molecule has 38 heavy (non-hydrogen) atoms. The SMILES string of the molecule is COc1cc(OC)cc(N(CC2CC2)c2ccc3ncc(-c4cnn(CCN5CCNCC5)c4)nc3c2)c1. The van der Waals surface area contributed by atoms with Gasteiger partial charge in [-0.15, -0.1) is 0 Å². The molecule has 9 heteroatoms. The van der Waals surface area contributed by atoms with E-state index in [1.807, 2.05) is 23.1 Å². The number of anilines is 2. The Labute approximate surface area is 223 Å². The predicted octanol–water partition coefficient (Wildman–Crippen LogP) is 3.96. The van der Waals surface area contributed by atoms with Crippen molar-refractivity contribution in [3.8, 4) is 22.8 Å². The van der Waals surface area contributed by atoms with Gasteiger partial charge in [-0.3, -0.25) is 14.6 Å². The van der Waals surface area contributed by atoms with Gasteiger partial charge in [-0.25, -0.2) is 4.98 Å². The lowest BCUT2D eigenvalue weighted by Crippen LogP contribution is -2.44. The lowest BCUT2D eigenvalue weighted by atomic mass is 10.1. The molecule has 1 saturated carbocycles. The molecule has 0 atom stereocenters. The van der Waals surface area contributed by atoms with E-state index in [0.29, 0.717) is 5.92 Å². The van der Waals surface area contributed by atoms with Crippen LogP contribution < -0.4 is 19.7 Å². The summed E-state index contributed by atoms with van der Waals surface area (Å²) in [5, 5.41) is 7.99. The summed E-state index contributed by atoms with van der Waals surface area (Å²) in [4.78, 5) is 14.5. The highest BCUT2D eigenvalue weighted by atomic mass is 16.5. The number of benzene rings is 2. The lowest BCUT2D eigenvalue weighted by Gasteiger charge is -2.26. The minimum atomic E-state index is 0.687. The molecule has 2 aromatic carbocycles. The first-order chi connectivity index (χ1) is 18.7. The molecule has 0 spiro atoms. The summed E-state index contributed by atoms with van der Waals surface area (Å²) in [5.41, 5.74) is 5.68. The molecule has 4 aromatic rings. The van der Waals surface area contributed by atoms with Crippen LogP contribution in [0.4, 0.5) is 11.4 Å². The number of nitrogens with zero attached hydrogens (tertiary/aromatic N) is 6. The van der Waals surface area contributed by atoms with Crippen molar-refractivity contribution < 1.29 is 9.47 Å². The second-order valence-electron chi connectivity index (χ2n) is 10.1. The Kier molecular flexibility index (Phi) is 7.11. The molecule has 0 bridgehead atoms. The third kappa shape index (κ3) is 5.58. The average molecular weight is 514 g/mol. The van der Waals surface area contributed by atoms with Crippen molar-refractivity contribution in [1.29, 1.82) is 0 Å². The molecule has 0 unspecified atom stereocenters. The Hall–Kier alpha value is -3.69. The van der Waals surface area contributed by atoms with E-state index >= 15 is 0 Å². The standard InChI is InChI=1S/C29H35N7O2/c1-37-25-13-24(14-26(16-25)38-2)36(19-21-3-4-21)23-5-6-27-28(15-23)33-29(18-31-27)22-17-32-35(20-22)12-11-34-9-7-30-8-10-34/h5-6,13-18,20-21,30H,3-4,7-12,19H2,1-2H3. The van der Waals surface area contributed by atoms with Crippen LogP contribution in [0.2, 0.25) is 0 Å². The molecule has 9 nitrogen and oxygen atoms in total. The summed E-state index contributed by atoms with van der Waals surface area (Å²) in [6.07, 6.45) is 8.32. The topological polar surface area (TPSA) is 80.6 Å². The number of methoxy groups -OCH3 is 2. The van der Waals surface area contributed by atoms with E-state index < -0.39 is 0 Å². The van der Waals surface area contributed by atoms with Gasteiger partial charge in [0.15, 0.2) is 0 Å². The number of fused-ring (bicyclic) bond motifs is 1. The Morgan fingerprint density at radius 2 is 1.71 bits per heavy atom. The van der Waals surface area contributed by atoms with Crippen LogP contribution in [-0.4, -0.2) is 78.1 Å². The summed E-state index contributed by atoms with van der Waals surface area (Å²) in [6, 6.07) is 12.3. The fraction of sp³-hybridized carbons (Fsp3) is 0.414. The number of piperazine rings is 1. The molecule has 3 heterocycles. The number of nitrogens with one attached hydrogen (secondary N) is 1. The molecular formula is C29H35N7O2. The molecule has 1 saturated heterocycles. The fourth-order valence-electron chi connectivity index (χ4n) is 4.97. The Bertz CT molecular complexity index is 1370. The van der Waals surface area contributed by atoms with Crippen molar-refractivity contribution in [2.45, 2.75) is 19.4 Å². The summed E-state index contributed by atoms with van der Waals surface area (Å²) in [6.45, 7) is 7.10. The number of rotatable bonds is 10. The van der Waals surface area contributed by atoms with Gasteiger partial charge in [-0.2, -0.15) is 5.10 Å².